The Morgan fingerprint density at radius 1 is 1.15 bits per heavy atom. The predicted octanol–water partition coefficient (Wildman–Crippen LogP) is 2.90. The molecule has 1 atom stereocenters. The normalized spacial score (nSPS) is 17.9. The Morgan fingerprint density at radius 3 is 2.74 bits per heavy atom. The Bertz CT molecular complexity index is 866. The summed E-state index contributed by atoms with van der Waals surface area (Å²) in [5, 5.41) is 5.64. The van der Waals surface area contributed by atoms with Gasteiger partial charge in [0.2, 0.25) is 12.7 Å². The molecule has 140 valence electrons. The van der Waals surface area contributed by atoms with Gasteiger partial charge in [0.15, 0.2) is 11.5 Å². The average molecular weight is 367 g/mol. The Labute approximate surface area is 157 Å². The van der Waals surface area contributed by atoms with Crippen LogP contribution in [-0.2, 0) is 4.79 Å². The molecule has 0 bridgehead atoms. The maximum absolute atomic E-state index is 12.4. The molecule has 2 heterocycles. The Morgan fingerprint density at radius 2 is 1.93 bits per heavy atom. The molecule has 7 nitrogen and oxygen atoms in total. The summed E-state index contributed by atoms with van der Waals surface area (Å²) in [7, 11) is 0. The number of hydrogen-bond donors (Lipinski definition) is 2. The summed E-state index contributed by atoms with van der Waals surface area (Å²) >= 11 is 0. The van der Waals surface area contributed by atoms with E-state index in [9.17, 15) is 9.59 Å². The lowest BCUT2D eigenvalue weighted by molar-refractivity contribution is -0.117. The topological polar surface area (TPSA) is 79.9 Å². The van der Waals surface area contributed by atoms with Crippen LogP contribution in [0.3, 0.4) is 0 Å². The molecule has 27 heavy (non-hydrogen) atoms. The van der Waals surface area contributed by atoms with E-state index in [-0.39, 0.29) is 24.6 Å². The third kappa shape index (κ3) is 3.81. The van der Waals surface area contributed by atoms with Gasteiger partial charge in [0.05, 0.1) is 0 Å². The van der Waals surface area contributed by atoms with Gasteiger partial charge in [-0.05, 0) is 31.2 Å². The highest BCUT2D eigenvalue weighted by Crippen LogP contribution is 2.37. The molecule has 1 saturated heterocycles. The number of carbonyl (C=O) groups excluding carboxylic acids is 2. The fourth-order valence-electron chi connectivity index (χ4n) is 3.27. The highest BCUT2D eigenvalue weighted by Gasteiger charge is 2.31. The summed E-state index contributed by atoms with van der Waals surface area (Å²) in [5.41, 5.74) is 2.66. The van der Waals surface area contributed by atoms with E-state index in [1.807, 2.05) is 49.4 Å². The van der Waals surface area contributed by atoms with Gasteiger partial charge in [-0.1, -0.05) is 17.7 Å². The first kappa shape index (κ1) is 17.2. The van der Waals surface area contributed by atoms with Crippen LogP contribution in [0.25, 0.3) is 0 Å². The van der Waals surface area contributed by atoms with Gasteiger partial charge in [-0.15, -0.1) is 0 Å². The molecule has 3 amide bonds. The van der Waals surface area contributed by atoms with Gasteiger partial charge in [0, 0.05) is 42.9 Å². The van der Waals surface area contributed by atoms with Crippen molar-refractivity contribution in [1.29, 1.82) is 0 Å². The molecule has 1 fully saturated rings. The molecule has 2 N–H and O–H groups in total. The first-order chi connectivity index (χ1) is 13.1. The van der Waals surface area contributed by atoms with Gasteiger partial charge in [0.25, 0.3) is 0 Å². The van der Waals surface area contributed by atoms with Crippen molar-refractivity contribution in [3.63, 3.8) is 0 Å². The molecule has 0 aromatic heterocycles. The van der Waals surface area contributed by atoms with Crippen molar-refractivity contribution in [2.45, 2.75) is 13.3 Å². The minimum atomic E-state index is -0.271. The number of ether oxygens (including phenoxy) is 2. The van der Waals surface area contributed by atoms with Crippen molar-refractivity contribution in [2.24, 2.45) is 5.92 Å². The molecule has 0 saturated carbocycles. The number of rotatable bonds is 4. The van der Waals surface area contributed by atoms with Crippen LogP contribution in [0, 0.1) is 12.8 Å². The average Bonchev–Trinajstić information content (AvgIpc) is 3.27. The molecular weight excluding hydrogens is 346 g/mol. The van der Waals surface area contributed by atoms with Gasteiger partial charge < -0.3 is 25.0 Å². The van der Waals surface area contributed by atoms with Crippen molar-refractivity contribution in [3.8, 4) is 11.5 Å². The number of nitrogens with zero attached hydrogens (tertiary/aromatic N) is 1. The van der Waals surface area contributed by atoms with Crippen LogP contribution in [-0.4, -0.2) is 31.8 Å². The monoisotopic (exact) mass is 367 g/mol. The first-order valence-corrected chi connectivity index (χ1v) is 8.90. The highest BCUT2D eigenvalue weighted by molar-refractivity contribution is 5.96. The minimum Gasteiger partial charge on any atom is -0.454 e. The number of fused-ring (bicyclic) bond motifs is 1. The minimum absolute atomic E-state index is 0.0413. The van der Waals surface area contributed by atoms with Gasteiger partial charge >= 0.3 is 6.03 Å². The van der Waals surface area contributed by atoms with Crippen LogP contribution in [0.5, 0.6) is 11.5 Å². The molecule has 0 unspecified atom stereocenters. The molecule has 2 aliphatic heterocycles. The number of carbonyl (C=O) groups is 2. The molecular formula is C20H21N3O4. The number of nitrogens with one attached hydrogen (secondary N) is 2. The maximum Gasteiger partial charge on any atom is 0.319 e. The predicted molar refractivity (Wildman–Crippen MR) is 101 cm³/mol. The van der Waals surface area contributed by atoms with Crippen molar-refractivity contribution in [3.05, 3.63) is 48.0 Å². The van der Waals surface area contributed by atoms with E-state index in [1.54, 1.807) is 4.90 Å². The summed E-state index contributed by atoms with van der Waals surface area (Å²) in [4.78, 5) is 26.2. The van der Waals surface area contributed by atoms with E-state index in [2.05, 4.69) is 10.6 Å². The van der Waals surface area contributed by atoms with Crippen molar-refractivity contribution in [1.82, 2.24) is 5.32 Å². The third-order valence-corrected chi connectivity index (χ3v) is 4.73. The fraction of sp³-hybridized carbons (Fsp3) is 0.300. The number of benzene rings is 2. The van der Waals surface area contributed by atoms with Crippen LogP contribution in [0.2, 0.25) is 0 Å². The van der Waals surface area contributed by atoms with Crippen molar-refractivity contribution in [2.75, 3.05) is 30.1 Å². The number of anilines is 2. The van der Waals surface area contributed by atoms with E-state index in [1.165, 1.54) is 0 Å². The SMILES string of the molecule is Cc1ccc(NC(=O)NC[C@H]2CC(=O)N(c3ccc4c(c3)OCO4)C2)cc1. The summed E-state index contributed by atoms with van der Waals surface area (Å²) in [6.07, 6.45) is 0.402. The lowest BCUT2D eigenvalue weighted by atomic mass is 10.1. The number of aryl methyl sites for hydroxylation is 1. The van der Waals surface area contributed by atoms with Gasteiger partial charge in [-0.2, -0.15) is 0 Å². The van der Waals surface area contributed by atoms with E-state index < -0.39 is 0 Å². The summed E-state index contributed by atoms with van der Waals surface area (Å²) in [6.45, 7) is 3.19. The lowest BCUT2D eigenvalue weighted by Gasteiger charge is -2.17. The van der Waals surface area contributed by atoms with Crippen LogP contribution >= 0.6 is 0 Å². The molecule has 2 aromatic carbocycles. The standard InChI is InChI=1S/C20H21N3O4/c1-13-2-4-15(5-3-13)22-20(25)21-10-14-8-19(24)23(11-14)16-6-7-17-18(9-16)27-12-26-17/h2-7,9,14H,8,10-12H2,1H3,(H2,21,22,25)/t14-/m1/s1. The largest absolute Gasteiger partial charge is 0.454 e. The molecule has 2 aromatic rings. The van der Waals surface area contributed by atoms with Crippen LogP contribution in [0.1, 0.15) is 12.0 Å². The van der Waals surface area contributed by atoms with Crippen molar-refractivity contribution < 1.29 is 19.1 Å². The molecule has 0 aliphatic carbocycles. The smallest absolute Gasteiger partial charge is 0.319 e. The molecule has 4 rings (SSSR count). The van der Waals surface area contributed by atoms with E-state index in [0.717, 1.165) is 16.9 Å². The Balaban J connectivity index is 1.31. The Hall–Kier alpha value is -3.22. The second kappa shape index (κ2) is 7.19. The van der Waals surface area contributed by atoms with Gasteiger partial charge in [0.1, 0.15) is 0 Å². The zero-order valence-electron chi connectivity index (χ0n) is 15.0. The molecule has 0 spiro atoms. The van der Waals surface area contributed by atoms with E-state index in [4.69, 9.17) is 9.47 Å². The summed E-state index contributed by atoms with van der Waals surface area (Å²) < 4.78 is 10.7. The van der Waals surface area contributed by atoms with Crippen molar-refractivity contribution >= 4 is 23.3 Å². The summed E-state index contributed by atoms with van der Waals surface area (Å²) in [6, 6.07) is 12.8. The highest BCUT2D eigenvalue weighted by atomic mass is 16.7. The number of urea groups is 1. The zero-order chi connectivity index (χ0) is 18.8. The fourth-order valence-corrected chi connectivity index (χ4v) is 3.27. The molecule has 7 heteroatoms. The lowest BCUT2D eigenvalue weighted by Crippen LogP contribution is -2.34. The number of hydrogen-bond acceptors (Lipinski definition) is 4. The molecule has 0 radical (unpaired) electrons. The van der Waals surface area contributed by atoms with E-state index >= 15 is 0 Å². The number of amides is 3. The van der Waals surface area contributed by atoms with E-state index in [0.29, 0.717) is 31.0 Å². The maximum atomic E-state index is 12.4. The van der Waals surface area contributed by atoms with Gasteiger partial charge in [-0.25, -0.2) is 4.79 Å². The van der Waals surface area contributed by atoms with Gasteiger partial charge in [-0.3, -0.25) is 4.79 Å². The summed E-state index contributed by atoms with van der Waals surface area (Å²) in [5.74, 6) is 1.45. The zero-order valence-corrected chi connectivity index (χ0v) is 15.0. The second-order valence-corrected chi connectivity index (χ2v) is 6.81. The first-order valence-electron chi connectivity index (χ1n) is 8.90. The van der Waals surface area contributed by atoms with Crippen LogP contribution < -0.4 is 25.0 Å². The van der Waals surface area contributed by atoms with Crippen LogP contribution in [0.4, 0.5) is 16.2 Å². The quantitative estimate of drug-likeness (QED) is 0.871. The molecule has 2 aliphatic rings. The van der Waals surface area contributed by atoms with Crippen LogP contribution in [0.15, 0.2) is 42.5 Å². The second-order valence-electron chi connectivity index (χ2n) is 6.81. The third-order valence-electron chi connectivity index (χ3n) is 4.73. The Kier molecular flexibility index (Phi) is 4.58.